The van der Waals surface area contributed by atoms with Crippen molar-refractivity contribution in [3.05, 3.63) is 71.4 Å². The molecule has 0 radical (unpaired) electrons. The van der Waals surface area contributed by atoms with Crippen molar-refractivity contribution in [2.45, 2.75) is 26.8 Å². The van der Waals surface area contributed by atoms with Gasteiger partial charge in [0.2, 0.25) is 5.89 Å². The number of rotatable bonds is 6. The summed E-state index contributed by atoms with van der Waals surface area (Å²) < 4.78 is 5.98. The molecule has 0 spiro atoms. The van der Waals surface area contributed by atoms with Crippen LogP contribution < -0.4 is 0 Å². The maximum atomic E-state index is 5.98. The fourth-order valence-corrected chi connectivity index (χ4v) is 3.72. The molecule has 2 aromatic heterocycles. The zero-order chi connectivity index (χ0) is 19.3. The largest absolute Gasteiger partial charge is 0.441 e. The molecule has 0 N–H and O–H groups in total. The van der Waals surface area contributed by atoms with Gasteiger partial charge in [-0.3, -0.25) is 9.88 Å². The Labute approximate surface area is 167 Å². The Bertz CT molecular complexity index is 898. The van der Waals surface area contributed by atoms with Gasteiger partial charge in [0, 0.05) is 57.2 Å². The summed E-state index contributed by atoms with van der Waals surface area (Å²) in [5.74, 6) is 1.67. The fraction of sp³-hybridized carbons (Fsp3) is 0.391. The van der Waals surface area contributed by atoms with Crippen molar-refractivity contribution < 1.29 is 4.42 Å². The maximum absolute atomic E-state index is 5.98. The summed E-state index contributed by atoms with van der Waals surface area (Å²) in [6.45, 7) is 10.4. The smallest absolute Gasteiger partial charge is 0.226 e. The second-order valence-corrected chi connectivity index (χ2v) is 7.56. The molecule has 5 nitrogen and oxygen atoms in total. The molecule has 1 fully saturated rings. The van der Waals surface area contributed by atoms with E-state index in [1.807, 2.05) is 31.5 Å². The number of aromatic nitrogens is 2. The first-order chi connectivity index (χ1) is 13.7. The minimum Gasteiger partial charge on any atom is -0.441 e. The zero-order valence-corrected chi connectivity index (χ0v) is 16.8. The maximum Gasteiger partial charge on any atom is 0.226 e. The number of oxazole rings is 1. The van der Waals surface area contributed by atoms with E-state index < -0.39 is 0 Å². The van der Waals surface area contributed by atoms with Gasteiger partial charge in [0.05, 0.1) is 5.69 Å². The lowest BCUT2D eigenvalue weighted by Gasteiger charge is -2.34. The van der Waals surface area contributed by atoms with Crippen molar-refractivity contribution in [2.24, 2.45) is 0 Å². The predicted octanol–water partition coefficient (Wildman–Crippen LogP) is 3.71. The van der Waals surface area contributed by atoms with Crippen LogP contribution in [0.2, 0.25) is 0 Å². The van der Waals surface area contributed by atoms with Gasteiger partial charge in [-0.2, -0.15) is 0 Å². The molecule has 28 heavy (non-hydrogen) atoms. The van der Waals surface area contributed by atoms with Crippen LogP contribution in [-0.4, -0.2) is 52.5 Å². The monoisotopic (exact) mass is 376 g/mol. The number of hydrogen-bond acceptors (Lipinski definition) is 5. The SMILES string of the molecule is Cc1ccccc1-c1nc(CN2CCN(CCc3ccncc3)CC2)c(C)o1. The van der Waals surface area contributed by atoms with Crippen molar-refractivity contribution >= 4 is 0 Å². The molecule has 0 bridgehead atoms. The first-order valence-electron chi connectivity index (χ1n) is 10.0. The van der Waals surface area contributed by atoms with Gasteiger partial charge in [0.25, 0.3) is 0 Å². The molecule has 3 heterocycles. The van der Waals surface area contributed by atoms with E-state index in [9.17, 15) is 0 Å². The molecular formula is C23H28N4O. The summed E-state index contributed by atoms with van der Waals surface area (Å²) in [7, 11) is 0. The lowest BCUT2D eigenvalue weighted by atomic mass is 10.1. The van der Waals surface area contributed by atoms with Crippen LogP contribution in [0.15, 0.2) is 53.2 Å². The number of piperazine rings is 1. The Kier molecular flexibility index (Phi) is 5.84. The average molecular weight is 377 g/mol. The van der Waals surface area contributed by atoms with E-state index >= 15 is 0 Å². The molecule has 5 heteroatoms. The van der Waals surface area contributed by atoms with Gasteiger partial charge in [-0.25, -0.2) is 4.98 Å². The lowest BCUT2D eigenvalue weighted by Crippen LogP contribution is -2.46. The molecule has 1 aromatic carbocycles. The van der Waals surface area contributed by atoms with Crippen molar-refractivity contribution in [1.82, 2.24) is 19.8 Å². The summed E-state index contributed by atoms with van der Waals surface area (Å²) >= 11 is 0. The Morgan fingerprint density at radius 3 is 2.39 bits per heavy atom. The van der Waals surface area contributed by atoms with Crippen LogP contribution >= 0.6 is 0 Å². The Morgan fingerprint density at radius 2 is 1.64 bits per heavy atom. The topological polar surface area (TPSA) is 45.4 Å². The molecule has 1 saturated heterocycles. The first kappa shape index (κ1) is 18.8. The minimum atomic E-state index is 0.738. The highest BCUT2D eigenvalue weighted by atomic mass is 16.4. The number of nitrogens with zero attached hydrogens (tertiary/aromatic N) is 4. The molecule has 0 saturated carbocycles. The van der Waals surface area contributed by atoms with Crippen LogP contribution in [0.25, 0.3) is 11.5 Å². The van der Waals surface area contributed by atoms with Gasteiger partial charge in [0.1, 0.15) is 5.76 Å². The first-order valence-corrected chi connectivity index (χ1v) is 10.0. The van der Waals surface area contributed by atoms with Gasteiger partial charge >= 0.3 is 0 Å². The van der Waals surface area contributed by atoms with Crippen LogP contribution in [0.5, 0.6) is 0 Å². The zero-order valence-electron chi connectivity index (χ0n) is 16.8. The van der Waals surface area contributed by atoms with Gasteiger partial charge in [-0.1, -0.05) is 18.2 Å². The predicted molar refractivity (Wildman–Crippen MR) is 111 cm³/mol. The Morgan fingerprint density at radius 1 is 0.929 bits per heavy atom. The highest BCUT2D eigenvalue weighted by molar-refractivity contribution is 5.58. The third kappa shape index (κ3) is 4.49. The number of pyridine rings is 1. The van der Waals surface area contributed by atoms with Gasteiger partial charge in [-0.05, 0) is 49.6 Å². The average Bonchev–Trinajstić information content (AvgIpc) is 3.08. The van der Waals surface area contributed by atoms with E-state index in [4.69, 9.17) is 9.40 Å². The number of benzene rings is 1. The molecule has 1 aliphatic heterocycles. The molecule has 0 atom stereocenters. The highest BCUT2D eigenvalue weighted by Crippen LogP contribution is 2.25. The Hall–Kier alpha value is -2.50. The molecule has 146 valence electrons. The van der Waals surface area contributed by atoms with Gasteiger partial charge < -0.3 is 9.32 Å². The quantitative estimate of drug-likeness (QED) is 0.656. The molecule has 0 aliphatic carbocycles. The molecule has 1 aliphatic rings. The second kappa shape index (κ2) is 8.67. The lowest BCUT2D eigenvalue weighted by molar-refractivity contribution is 0.127. The van der Waals surface area contributed by atoms with Crippen molar-refractivity contribution in [1.29, 1.82) is 0 Å². The van der Waals surface area contributed by atoms with Crippen molar-refractivity contribution in [3.8, 4) is 11.5 Å². The minimum absolute atomic E-state index is 0.738. The summed E-state index contributed by atoms with van der Waals surface area (Å²) in [5.41, 5.74) is 4.69. The third-order valence-corrected chi connectivity index (χ3v) is 5.57. The van der Waals surface area contributed by atoms with Crippen LogP contribution in [0.1, 0.15) is 22.6 Å². The third-order valence-electron chi connectivity index (χ3n) is 5.57. The Balaban J connectivity index is 1.31. The van der Waals surface area contributed by atoms with E-state index in [-0.39, 0.29) is 0 Å². The van der Waals surface area contributed by atoms with E-state index in [2.05, 4.69) is 46.0 Å². The van der Waals surface area contributed by atoms with Crippen LogP contribution in [-0.2, 0) is 13.0 Å². The van der Waals surface area contributed by atoms with E-state index in [0.29, 0.717) is 0 Å². The summed E-state index contributed by atoms with van der Waals surface area (Å²) in [4.78, 5) is 13.9. The molecular weight excluding hydrogens is 348 g/mol. The van der Waals surface area contributed by atoms with Crippen LogP contribution in [0, 0.1) is 13.8 Å². The molecule has 0 unspecified atom stereocenters. The molecule has 0 amide bonds. The molecule has 3 aromatic rings. The standard InChI is InChI=1S/C23H28N4O/c1-18-5-3-4-6-21(18)23-25-22(19(2)28-23)17-27-15-13-26(14-16-27)12-9-20-7-10-24-11-8-20/h3-8,10-11H,9,12-17H2,1-2H3. The number of aryl methyl sites for hydroxylation is 2. The van der Waals surface area contributed by atoms with E-state index in [1.165, 1.54) is 11.1 Å². The molecule has 4 rings (SSSR count). The highest BCUT2D eigenvalue weighted by Gasteiger charge is 2.20. The van der Waals surface area contributed by atoms with E-state index in [0.717, 1.165) is 68.6 Å². The second-order valence-electron chi connectivity index (χ2n) is 7.56. The van der Waals surface area contributed by atoms with Gasteiger partial charge in [0.15, 0.2) is 0 Å². The van der Waals surface area contributed by atoms with Crippen LogP contribution in [0.4, 0.5) is 0 Å². The van der Waals surface area contributed by atoms with Gasteiger partial charge in [-0.15, -0.1) is 0 Å². The van der Waals surface area contributed by atoms with Crippen molar-refractivity contribution in [2.75, 3.05) is 32.7 Å². The summed E-state index contributed by atoms with van der Waals surface area (Å²) in [6, 6.07) is 12.5. The fourth-order valence-electron chi connectivity index (χ4n) is 3.72. The number of hydrogen-bond donors (Lipinski definition) is 0. The van der Waals surface area contributed by atoms with Crippen molar-refractivity contribution in [3.63, 3.8) is 0 Å². The normalized spacial score (nSPS) is 15.8. The summed E-state index contributed by atoms with van der Waals surface area (Å²) in [5, 5.41) is 0. The van der Waals surface area contributed by atoms with E-state index in [1.54, 1.807) is 0 Å². The van der Waals surface area contributed by atoms with Crippen LogP contribution in [0.3, 0.4) is 0 Å². The summed E-state index contributed by atoms with van der Waals surface area (Å²) in [6.07, 6.45) is 4.84.